The van der Waals surface area contributed by atoms with E-state index < -0.39 is 5.97 Å². The highest BCUT2D eigenvalue weighted by molar-refractivity contribution is 6.33. The molecule has 1 aromatic heterocycles. The maximum atomic E-state index is 12.3. The summed E-state index contributed by atoms with van der Waals surface area (Å²) in [6.45, 7) is 0. The lowest BCUT2D eigenvalue weighted by atomic mass is 10.1. The van der Waals surface area contributed by atoms with Crippen LogP contribution in [0.3, 0.4) is 0 Å². The van der Waals surface area contributed by atoms with Gasteiger partial charge in [0.05, 0.1) is 10.6 Å². The van der Waals surface area contributed by atoms with Crippen LogP contribution in [0.2, 0.25) is 5.02 Å². The minimum Gasteiger partial charge on any atom is -0.478 e. The van der Waals surface area contributed by atoms with Crippen LogP contribution >= 0.6 is 11.6 Å². The van der Waals surface area contributed by atoms with Gasteiger partial charge in [-0.25, -0.2) is 4.79 Å². The Hall–Kier alpha value is -3.05. The molecule has 0 fully saturated rings. The number of hydrogen-bond acceptors (Lipinski definition) is 2. The summed E-state index contributed by atoms with van der Waals surface area (Å²) in [6.07, 6.45) is 3.83. The molecule has 120 valence electrons. The summed E-state index contributed by atoms with van der Waals surface area (Å²) >= 11 is 5.82. The molecule has 1 amide bonds. The highest BCUT2D eigenvalue weighted by atomic mass is 35.5. The van der Waals surface area contributed by atoms with Crippen LogP contribution < -0.4 is 5.32 Å². The summed E-state index contributed by atoms with van der Waals surface area (Å²) in [7, 11) is 0. The molecule has 0 aliphatic rings. The van der Waals surface area contributed by atoms with Gasteiger partial charge in [-0.3, -0.25) is 4.79 Å². The third-order valence-electron chi connectivity index (χ3n) is 3.49. The van der Waals surface area contributed by atoms with Crippen LogP contribution in [-0.4, -0.2) is 21.6 Å². The molecule has 2 aromatic carbocycles. The lowest BCUT2D eigenvalue weighted by molar-refractivity contribution is 0.0696. The molecule has 0 spiro atoms. The molecule has 24 heavy (non-hydrogen) atoms. The molecule has 0 radical (unpaired) electrons. The van der Waals surface area contributed by atoms with Gasteiger partial charge in [-0.2, -0.15) is 0 Å². The van der Waals surface area contributed by atoms with E-state index in [-0.39, 0.29) is 16.5 Å². The van der Waals surface area contributed by atoms with E-state index in [0.29, 0.717) is 11.3 Å². The molecule has 5 nitrogen and oxygen atoms in total. The van der Waals surface area contributed by atoms with E-state index >= 15 is 0 Å². The number of aromatic carboxylic acids is 1. The van der Waals surface area contributed by atoms with Crippen molar-refractivity contribution >= 4 is 29.2 Å². The number of carboxylic acid groups (broad SMARTS) is 1. The first kappa shape index (κ1) is 15.8. The number of benzene rings is 2. The summed E-state index contributed by atoms with van der Waals surface area (Å²) in [5.41, 5.74) is 1.72. The third kappa shape index (κ3) is 3.31. The summed E-state index contributed by atoms with van der Waals surface area (Å²) in [6, 6.07) is 15.2. The Balaban J connectivity index is 1.78. The van der Waals surface area contributed by atoms with E-state index in [2.05, 4.69) is 5.32 Å². The Kier molecular flexibility index (Phi) is 4.35. The molecule has 6 heteroatoms. The Morgan fingerprint density at radius 2 is 1.67 bits per heavy atom. The number of amides is 1. The van der Waals surface area contributed by atoms with Crippen molar-refractivity contribution in [2.45, 2.75) is 0 Å². The van der Waals surface area contributed by atoms with Crippen LogP contribution in [0.5, 0.6) is 0 Å². The first-order valence-corrected chi connectivity index (χ1v) is 7.50. The van der Waals surface area contributed by atoms with E-state index in [4.69, 9.17) is 16.7 Å². The van der Waals surface area contributed by atoms with E-state index in [9.17, 15) is 9.59 Å². The molecule has 3 aromatic rings. The first-order valence-electron chi connectivity index (χ1n) is 7.12. The number of nitrogens with zero attached hydrogens (tertiary/aromatic N) is 1. The molecule has 1 heterocycles. The smallest absolute Gasteiger partial charge is 0.337 e. The Morgan fingerprint density at radius 1 is 1.00 bits per heavy atom. The Labute approximate surface area is 143 Å². The molecule has 3 rings (SSSR count). The van der Waals surface area contributed by atoms with Crippen molar-refractivity contribution in [3.05, 3.63) is 83.1 Å². The van der Waals surface area contributed by atoms with E-state index in [1.807, 2.05) is 41.2 Å². The normalized spacial score (nSPS) is 10.4. The van der Waals surface area contributed by atoms with Crippen LogP contribution in [0.25, 0.3) is 5.69 Å². The predicted molar refractivity (Wildman–Crippen MR) is 92.1 cm³/mol. The summed E-state index contributed by atoms with van der Waals surface area (Å²) in [5, 5.41) is 11.9. The molecule has 0 atom stereocenters. The molecule has 0 unspecified atom stereocenters. The standard InChI is InChI=1S/C18H13ClN2O3/c19-16-8-5-13(11-15(16)18(23)24)20-17(22)12-3-6-14(7-4-12)21-9-1-2-10-21/h1-11H,(H,20,22)(H,23,24). The molecular weight excluding hydrogens is 328 g/mol. The average molecular weight is 341 g/mol. The second-order valence-electron chi connectivity index (χ2n) is 5.09. The van der Waals surface area contributed by atoms with Gasteiger partial charge in [0.25, 0.3) is 5.91 Å². The van der Waals surface area contributed by atoms with Crippen molar-refractivity contribution in [1.82, 2.24) is 4.57 Å². The zero-order chi connectivity index (χ0) is 17.1. The lowest BCUT2D eigenvalue weighted by Crippen LogP contribution is -2.12. The minimum absolute atomic E-state index is 0.0579. The van der Waals surface area contributed by atoms with Gasteiger partial charge in [-0.05, 0) is 54.6 Å². The summed E-state index contributed by atoms with van der Waals surface area (Å²) in [5.74, 6) is -1.47. The Bertz CT molecular complexity index is 887. The SMILES string of the molecule is O=C(Nc1ccc(Cl)c(C(=O)O)c1)c1ccc(-n2cccc2)cc1. The number of aromatic nitrogens is 1. The fourth-order valence-corrected chi connectivity index (χ4v) is 2.46. The highest BCUT2D eigenvalue weighted by Crippen LogP contribution is 2.21. The molecular formula is C18H13ClN2O3. The Morgan fingerprint density at radius 3 is 2.29 bits per heavy atom. The van der Waals surface area contributed by atoms with Crippen molar-refractivity contribution in [3.8, 4) is 5.69 Å². The van der Waals surface area contributed by atoms with Crippen LogP contribution in [0, 0.1) is 0 Å². The highest BCUT2D eigenvalue weighted by Gasteiger charge is 2.12. The maximum absolute atomic E-state index is 12.3. The number of carbonyl (C=O) groups is 2. The van der Waals surface area contributed by atoms with E-state index in [0.717, 1.165) is 5.69 Å². The predicted octanol–water partition coefficient (Wildman–Crippen LogP) is 4.08. The van der Waals surface area contributed by atoms with Gasteiger partial charge >= 0.3 is 5.97 Å². The molecule has 0 aliphatic carbocycles. The van der Waals surface area contributed by atoms with Crippen molar-refractivity contribution in [2.24, 2.45) is 0 Å². The molecule has 0 saturated heterocycles. The third-order valence-corrected chi connectivity index (χ3v) is 3.82. The topological polar surface area (TPSA) is 71.3 Å². The van der Waals surface area contributed by atoms with Crippen LogP contribution in [0.15, 0.2) is 67.0 Å². The van der Waals surface area contributed by atoms with Gasteiger partial charge in [0.15, 0.2) is 0 Å². The number of nitrogens with one attached hydrogen (secondary N) is 1. The van der Waals surface area contributed by atoms with Crippen LogP contribution in [0.4, 0.5) is 5.69 Å². The van der Waals surface area contributed by atoms with Gasteiger partial charge in [-0.1, -0.05) is 11.6 Å². The number of carboxylic acids is 1. The first-order chi connectivity index (χ1) is 11.5. The number of carbonyl (C=O) groups excluding carboxylic acids is 1. The largest absolute Gasteiger partial charge is 0.478 e. The molecule has 2 N–H and O–H groups in total. The number of halogens is 1. The fourth-order valence-electron chi connectivity index (χ4n) is 2.26. The van der Waals surface area contributed by atoms with Gasteiger partial charge in [-0.15, -0.1) is 0 Å². The maximum Gasteiger partial charge on any atom is 0.337 e. The van der Waals surface area contributed by atoms with Crippen molar-refractivity contribution in [1.29, 1.82) is 0 Å². The van der Waals surface area contributed by atoms with Crippen LogP contribution in [0.1, 0.15) is 20.7 Å². The number of anilines is 1. The zero-order valence-electron chi connectivity index (χ0n) is 12.4. The minimum atomic E-state index is -1.15. The van der Waals surface area contributed by atoms with Gasteiger partial charge in [0.2, 0.25) is 0 Å². The van der Waals surface area contributed by atoms with E-state index in [1.54, 1.807) is 18.2 Å². The van der Waals surface area contributed by atoms with Crippen LogP contribution in [-0.2, 0) is 0 Å². The zero-order valence-corrected chi connectivity index (χ0v) is 13.2. The number of rotatable bonds is 4. The van der Waals surface area contributed by atoms with Gasteiger partial charge in [0.1, 0.15) is 0 Å². The average Bonchev–Trinajstić information content (AvgIpc) is 3.11. The molecule has 0 bridgehead atoms. The lowest BCUT2D eigenvalue weighted by Gasteiger charge is -2.08. The number of hydrogen-bond donors (Lipinski definition) is 2. The molecule has 0 aliphatic heterocycles. The monoisotopic (exact) mass is 340 g/mol. The molecule has 0 saturated carbocycles. The van der Waals surface area contributed by atoms with Crippen molar-refractivity contribution < 1.29 is 14.7 Å². The van der Waals surface area contributed by atoms with Gasteiger partial charge < -0.3 is 15.0 Å². The second-order valence-corrected chi connectivity index (χ2v) is 5.50. The summed E-state index contributed by atoms with van der Waals surface area (Å²) in [4.78, 5) is 23.4. The summed E-state index contributed by atoms with van der Waals surface area (Å²) < 4.78 is 1.93. The fraction of sp³-hybridized carbons (Fsp3) is 0. The second kappa shape index (κ2) is 6.60. The van der Waals surface area contributed by atoms with Crippen molar-refractivity contribution in [3.63, 3.8) is 0 Å². The van der Waals surface area contributed by atoms with Crippen molar-refractivity contribution in [2.75, 3.05) is 5.32 Å². The quantitative estimate of drug-likeness (QED) is 0.751. The van der Waals surface area contributed by atoms with E-state index in [1.165, 1.54) is 12.1 Å². The van der Waals surface area contributed by atoms with Gasteiger partial charge in [0, 0.05) is 29.3 Å².